The van der Waals surface area contributed by atoms with Gasteiger partial charge in [0.15, 0.2) is 0 Å². The summed E-state index contributed by atoms with van der Waals surface area (Å²) in [5.74, 6) is 1.80. The standard InChI is InChI=1S/C15H27NOS/c1-5-7-12(3)11-13(16-9-6-2)15-14(17-4)8-10-18-15/h8,10,12-13,16H,5-7,9,11H2,1-4H3. The van der Waals surface area contributed by atoms with Crippen molar-refractivity contribution in [2.24, 2.45) is 5.92 Å². The smallest absolute Gasteiger partial charge is 0.134 e. The second-order valence-corrected chi connectivity index (χ2v) is 5.94. The fourth-order valence-electron chi connectivity index (χ4n) is 2.35. The minimum absolute atomic E-state index is 0.446. The van der Waals surface area contributed by atoms with Crippen LogP contribution in [-0.2, 0) is 0 Å². The average Bonchev–Trinajstić information content (AvgIpc) is 2.82. The summed E-state index contributed by atoms with van der Waals surface area (Å²) in [6, 6.07) is 2.52. The Morgan fingerprint density at radius 1 is 1.33 bits per heavy atom. The fourth-order valence-corrected chi connectivity index (χ4v) is 3.30. The van der Waals surface area contributed by atoms with Gasteiger partial charge >= 0.3 is 0 Å². The van der Waals surface area contributed by atoms with Gasteiger partial charge in [-0.2, -0.15) is 0 Å². The van der Waals surface area contributed by atoms with Crippen molar-refractivity contribution in [3.05, 3.63) is 16.3 Å². The molecule has 2 atom stereocenters. The van der Waals surface area contributed by atoms with Crippen LogP contribution in [0.25, 0.3) is 0 Å². The molecule has 0 aliphatic rings. The molecule has 1 rings (SSSR count). The van der Waals surface area contributed by atoms with E-state index in [-0.39, 0.29) is 0 Å². The molecular formula is C15H27NOS. The van der Waals surface area contributed by atoms with Crippen LogP contribution in [0.3, 0.4) is 0 Å². The number of thiophene rings is 1. The Balaban J connectivity index is 2.71. The van der Waals surface area contributed by atoms with Gasteiger partial charge in [-0.15, -0.1) is 11.3 Å². The number of methoxy groups -OCH3 is 1. The molecule has 3 heteroatoms. The van der Waals surface area contributed by atoms with Crippen molar-refractivity contribution in [2.45, 2.75) is 52.5 Å². The van der Waals surface area contributed by atoms with Gasteiger partial charge in [-0.25, -0.2) is 0 Å². The van der Waals surface area contributed by atoms with E-state index in [2.05, 4.69) is 37.5 Å². The van der Waals surface area contributed by atoms with E-state index in [4.69, 9.17) is 4.74 Å². The van der Waals surface area contributed by atoms with E-state index in [1.54, 1.807) is 18.4 Å². The molecule has 0 fully saturated rings. The van der Waals surface area contributed by atoms with Crippen molar-refractivity contribution < 1.29 is 4.74 Å². The molecule has 0 radical (unpaired) electrons. The van der Waals surface area contributed by atoms with Gasteiger partial charge in [-0.1, -0.05) is 33.6 Å². The molecule has 18 heavy (non-hydrogen) atoms. The number of rotatable bonds is 9. The maximum atomic E-state index is 5.46. The average molecular weight is 269 g/mol. The highest BCUT2D eigenvalue weighted by Gasteiger charge is 2.19. The van der Waals surface area contributed by atoms with E-state index in [1.807, 2.05) is 0 Å². The molecule has 0 spiro atoms. The van der Waals surface area contributed by atoms with Crippen LogP contribution in [0, 0.1) is 5.92 Å². The number of hydrogen-bond acceptors (Lipinski definition) is 3. The van der Waals surface area contributed by atoms with Gasteiger partial charge in [0, 0.05) is 6.04 Å². The molecule has 1 N–H and O–H groups in total. The lowest BCUT2D eigenvalue weighted by atomic mass is 9.96. The van der Waals surface area contributed by atoms with Crippen LogP contribution in [0.15, 0.2) is 11.4 Å². The second kappa shape index (κ2) is 8.54. The predicted octanol–water partition coefficient (Wildman–Crippen LogP) is 4.62. The lowest BCUT2D eigenvalue weighted by Gasteiger charge is -2.22. The van der Waals surface area contributed by atoms with E-state index in [0.29, 0.717) is 6.04 Å². The Labute approximate surface area is 116 Å². The SMILES string of the molecule is CCCNC(CC(C)CCC)c1sccc1OC. The van der Waals surface area contributed by atoms with Gasteiger partial charge in [0.1, 0.15) is 5.75 Å². The largest absolute Gasteiger partial charge is 0.496 e. The number of hydrogen-bond donors (Lipinski definition) is 1. The van der Waals surface area contributed by atoms with Crippen molar-refractivity contribution in [1.82, 2.24) is 5.32 Å². The van der Waals surface area contributed by atoms with E-state index < -0.39 is 0 Å². The molecule has 104 valence electrons. The zero-order chi connectivity index (χ0) is 13.4. The molecule has 0 aliphatic heterocycles. The van der Waals surface area contributed by atoms with Crippen molar-refractivity contribution >= 4 is 11.3 Å². The lowest BCUT2D eigenvalue weighted by molar-refractivity contribution is 0.370. The first-order chi connectivity index (χ1) is 8.72. The molecule has 0 bridgehead atoms. The predicted molar refractivity (Wildman–Crippen MR) is 80.6 cm³/mol. The van der Waals surface area contributed by atoms with Gasteiger partial charge < -0.3 is 10.1 Å². The van der Waals surface area contributed by atoms with Crippen LogP contribution >= 0.6 is 11.3 Å². The molecule has 0 aliphatic carbocycles. The summed E-state index contributed by atoms with van der Waals surface area (Å²) in [4.78, 5) is 1.36. The van der Waals surface area contributed by atoms with E-state index in [0.717, 1.165) is 18.2 Å². The molecule has 0 saturated heterocycles. The van der Waals surface area contributed by atoms with Gasteiger partial charge in [-0.05, 0) is 36.8 Å². The molecule has 2 nitrogen and oxygen atoms in total. The normalized spacial score (nSPS) is 14.4. The lowest BCUT2D eigenvalue weighted by Crippen LogP contribution is -2.23. The maximum absolute atomic E-state index is 5.46. The monoisotopic (exact) mass is 269 g/mol. The molecule has 0 aromatic carbocycles. The van der Waals surface area contributed by atoms with Crippen LogP contribution in [0.4, 0.5) is 0 Å². The molecule has 1 aromatic heterocycles. The molecule has 0 amide bonds. The van der Waals surface area contributed by atoms with Crippen molar-refractivity contribution in [3.8, 4) is 5.75 Å². The summed E-state index contributed by atoms with van der Waals surface area (Å²) < 4.78 is 5.46. The van der Waals surface area contributed by atoms with Crippen molar-refractivity contribution in [1.29, 1.82) is 0 Å². The van der Waals surface area contributed by atoms with Gasteiger partial charge in [0.05, 0.1) is 12.0 Å². The van der Waals surface area contributed by atoms with Crippen molar-refractivity contribution in [2.75, 3.05) is 13.7 Å². The highest BCUT2D eigenvalue weighted by molar-refractivity contribution is 7.10. The topological polar surface area (TPSA) is 21.3 Å². The van der Waals surface area contributed by atoms with E-state index in [1.165, 1.54) is 30.6 Å². The highest BCUT2D eigenvalue weighted by atomic mass is 32.1. The first kappa shape index (κ1) is 15.5. The van der Waals surface area contributed by atoms with Crippen LogP contribution in [-0.4, -0.2) is 13.7 Å². The summed E-state index contributed by atoms with van der Waals surface area (Å²) in [6.07, 6.45) is 4.94. The number of ether oxygens (including phenoxy) is 1. The Morgan fingerprint density at radius 3 is 2.72 bits per heavy atom. The minimum atomic E-state index is 0.446. The quantitative estimate of drug-likeness (QED) is 0.706. The third-order valence-corrected chi connectivity index (χ3v) is 4.27. The molecule has 2 unspecified atom stereocenters. The Morgan fingerprint density at radius 2 is 2.11 bits per heavy atom. The first-order valence-corrected chi connectivity index (χ1v) is 7.95. The molecular weight excluding hydrogens is 242 g/mol. The Kier molecular flexibility index (Phi) is 7.36. The summed E-state index contributed by atoms with van der Waals surface area (Å²) >= 11 is 1.81. The fraction of sp³-hybridized carbons (Fsp3) is 0.733. The van der Waals surface area contributed by atoms with Gasteiger partial charge in [-0.3, -0.25) is 0 Å². The molecule has 1 heterocycles. The zero-order valence-corrected chi connectivity index (χ0v) is 13.0. The van der Waals surface area contributed by atoms with Crippen LogP contribution in [0.2, 0.25) is 0 Å². The molecule has 1 aromatic rings. The number of nitrogens with one attached hydrogen (secondary N) is 1. The second-order valence-electron chi connectivity index (χ2n) is 4.99. The first-order valence-electron chi connectivity index (χ1n) is 7.07. The van der Waals surface area contributed by atoms with Crippen molar-refractivity contribution in [3.63, 3.8) is 0 Å². The summed E-state index contributed by atoms with van der Waals surface area (Å²) in [5, 5.41) is 5.79. The summed E-state index contributed by atoms with van der Waals surface area (Å²) in [6.45, 7) is 7.90. The van der Waals surface area contributed by atoms with Gasteiger partial charge in [0.2, 0.25) is 0 Å². The van der Waals surface area contributed by atoms with Crippen LogP contribution in [0.1, 0.15) is 57.4 Å². The minimum Gasteiger partial charge on any atom is -0.496 e. The Hall–Kier alpha value is -0.540. The third kappa shape index (κ3) is 4.62. The summed E-state index contributed by atoms with van der Waals surface area (Å²) in [5.41, 5.74) is 0. The van der Waals surface area contributed by atoms with E-state index in [9.17, 15) is 0 Å². The summed E-state index contributed by atoms with van der Waals surface area (Å²) in [7, 11) is 1.76. The highest BCUT2D eigenvalue weighted by Crippen LogP contribution is 2.34. The third-order valence-electron chi connectivity index (χ3n) is 3.25. The van der Waals surface area contributed by atoms with Crippen LogP contribution < -0.4 is 10.1 Å². The van der Waals surface area contributed by atoms with E-state index >= 15 is 0 Å². The zero-order valence-electron chi connectivity index (χ0n) is 12.2. The Bertz CT molecular complexity index is 324. The van der Waals surface area contributed by atoms with Crippen LogP contribution in [0.5, 0.6) is 5.75 Å². The van der Waals surface area contributed by atoms with Gasteiger partial charge in [0.25, 0.3) is 0 Å². The maximum Gasteiger partial charge on any atom is 0.134 e. The molecule has 0 saturated carbocycles.